The smallest absolute Gasteiger partial charge is 0.126 e. The minimum Gasteiger partial charge on any atom is -0.496 e. The van der Waals surface area contributed by atoms with E-state index in [0.29, 0.717) is 0 Å². The van der Waals surface area contributed by atoms with Crippen molar-refractivity contribution < 1.29 is 4.74 Å². The monoisotopic (exact) mass is 200 g/mol. The van der Waals surface area contributed by atoms with Crippen LogP contribution in [0.5, 0.6) is 5.75 Å². The Morgan fingerprint density at radius 2 is 2.00 bits per heavy atom. The molecule has 0 unspecified atom stereocenters. The molecule has 0 spiro atoms. The first-order chi connectivity index (χ1) is 7.40. The summed E-state index contributed by atoms with van der Waals surface area (Å²) in [6.45, 7) is 0. The van der Waals surface area contributed by atoms with E-state index in [4.69, 9.17) is 4.74 Å². The molecule has 1 aromatic rings. The Balaban J connectivity index is 2.15. The van der Waals surface area contributed by atoms with E-state index in [9.17, 15) is 0 Å². The van der Waals surface area contributed by atoms with Gasteiger partial charge in [-0.1, -0.05) is 17.7 Å². The molecule has 1 nitrogen and oxygen atoms in total. The zero-order valence-corrected chi connectivity index (χ0v) is 9.18. The lowest BCUT2D eigenvalue weighted by molar-refractivity contribution is 0.413. The molecule has 0 atom stereocenters. The molecule has 0 amide bonds. The number of benzene rings is 1. The minimum atomic E-state index is 1.07. The molecular weight excluding hydrogens is 184 g/mol. The number of rotatable bonds is 1. The summed E-state index contributed by atoms with van der Waals surface area (Å²) in [4.78, 5) is 0. The van der Waals surface area contributed by atoms with Gasteiger partial charge in [-0.25, -0.2) is 0 Å². The van der Waals surface area contributed by atoms with Gasteiger partial charge in [-0.2, -0.15) is 0 Å². The van der Waals surface area contributed by atoms with Crippen molar-refractivity contribution in [1.82, 2.24) is 0 Å². The third kappa shape index (κ3) is 1.30. The minimum absolute atomic E-state index is 1.07. The van der Waals surface area contributed by atoms with Gasteiger partial charge in [0.1, 0.15) is 5.75 Å². The van der Waals surface area contributed by atoms with Crippen LogP contribution in [0.1, 0.15) is 36.8 Å². The van der Waals surface area contributed by atoms with Gasteiger partial charge >= 0.3 is 0 Å². The Morgan fingerprint density at radius 3 is 2.87 bits per heavy atom. The third-order valence-electron chi connectivity index (χ3n) is 3.62. The summed E-state index contributed by atoms with van der Waals surface area (Å²) in [7, 11) is 1.77. The molecule has 2 aliphatic rings. The fraction of sp³-hybridized carbons (Fsp3) is 0.429. The Bertz CT molecular complexity index is 429. The lowest BCUT2D eigenvalue weighted by atomic mass is 9.92. The SMILES string of the molecule is COc1cccc2c1C1=C(CCCC1)C2. The lowest BCUT2D eigenvalue weighted by Crippen LogP contribution is -1.95. The van der Waals surface area contributed by atoms with E-state index in [0.717, 1.165) is 5.75 Å². The van der Waals surface area contributed by atoms with Crippen LogP contribution in [0, 0.1) is 0 Å². The Hall–Kier alpha value is -1.24. The van der Waals surface area contributed by atoms with Gasteiger partial charge in [0.05, 0.1) is 7.11 Å². The van der Waals surface area contributed by atoms with E-state index in [2.05, 4.69) is 18.2 Å². The standard InChI is InChI=1S/C14H16O/c1-15-13-8-4-6-11-9-10-5-2-3-7-12(10)14(11)13/h4,6,8H,2-3,5,7,9H2,1H3. The van der Waals surface area contributed by atoms with Crippen LogP contribution in [0.25, 0.3) is 5.57 Å². The molecule has 0 aliphatic heterocycles. The summed E-state index contributed by atoms with van der Waals surface area (Å²) >= 11 is 0. The Kier molecular flexibility index (Phi) is 2.05. The first-order valence-electron chi connectivity index (χ1n) is 5.77. The molecule has 3 rings (SSSR count). The molecule has 78 valence electrons. The molecule has 0 N–H and O–H groups in total. The van der Waals surface area contributed by atoms with Crippen LogP contribution >= 0.6 is 0 Å². The lowest BCUT2D eigenvalue weighted by Gasteiger charge is -2.15. The summed E-state index contributed by atoms with van der Waals surface area (Å²) < 4.78 is 5.47. The molecule has 2 aliphatic carbocycles. The molecule has 0 aromatic heterocycles. The fourth-order valence-corrected chi connectivity index (χ4v) is 2.93. The van der Waals surface area contributed by atoms with Crippen LogP contribution in [0.2, 0.25) is 0 Å². The van der Waals surface area contributed by atoms with Crippen LogP contribution in [0.4, 0.5) is 0 Å². The first-order valence-corrected chi connectivity index (χ1v) is 5.77. The number of methoxy groups -OCH3 is 1. The molecular formula is C14H16O. The van der Waals surface area contributed by atoms with Crippen LogP contribution in [-0.2, 0) is 6.42 Å². The van der Waals surface area contributed by atoms with Crippen LogP contribution in [-0.4, -0.2) is 7.11 Å². The molecule has 0 saturated carbocycles. The van der Waals surface area contributed by atoms with E-state index in [1.54, 1.807) is 18.3 Å². The van der Waals surface area contributed by atoms with Gasteiger partial charge in [-0.05, 0) is 49.3 Å². The van der Waals surface area contributed by atoms with Gasteiger partial charge in [0.2, 0.25) is 0 Å². The number of ether oxygens (including phenoxy) is 1. The number of allylic oxidation sites excluding steroid dienone is 2. The highest BCUT2D eigenvalue weighted by atomic mass is 16.5. The van der Waals surface area contributed by atoms with Gasteiger partial charge in [0.15, 0.2) is 0 Å². The second-order valence-electron chi connectivity index (χ2n) is 4.46. The molecule has 1 heteroatoms. The molecule has 15 heavy (non-hydrogen) atoms. The third-order valence-corrected chi connectivity index (χ3v) is 3.62. The molecule has 0 saturated heterocycles. The predicted molar refractivity (Wildman–Crippen MR) is 62.1 cm³/mol. The highest BCUT2D eigenvalue weighted by Crippen LogP contribution is 2.45. The van der Waals surface area contributed by atoms with Crippen molar-refractivity contribution in [3.63, 3.8) is 0 Å². The van der Waals surface area contributed by atoms with E-state index >= 15 is 0 Å². The topological polar surface area (TPSA) is 9.23 Å². The highest BCUT2D eigenvalue weighted by molar-refractivity contribution is 5.80. The molecule has 1 aromatic carbocycles. The number of hydrogen-bond donors (Lipinski definition) is 0. The number of fused-ring (bicyclic) bond motifs is 2. The van der Waals surface area contributed by atoms with Crippen molar-refractivity contribution in [3.8, 4) is 5.75 Å². The molecule has 0 radical (unpaired) electrons. The van der Waals surface area contributed by atoms with Gasteiger partial charge in [0, 0.05) is 5.56 Å². The van der Waals surface area contributed by atoms with E-state index < -0.39 is 0 Å². The maximum absolute atomic E-state index is 5.47. The summed E-state index contributed by atoms with van der Waals surface area (Å²) in [5, 5.41) is 0. The van der Waals surface area contributed by atoms with Gasteiger partial charge < -0.3 is 4.74 Å². The molecule has 0 fully saturated rings. The fourth-order valence-electron chi connectivity index (χ4n) is 2.93. The van der Waals surface area contributed by atoms with Crippen molar-refractivity contribution in [2.75, 3.05) is 7.11 Å². The second-order valence-corrected chi connectivity index (χ2v) is 4.46. The van der Waals surface area contributed by atoms with Gasteiger partial charge in [0.25, 0.3) is 0 Å². The Morgan fingerprint density at radius 1 is 1.13 bits per heavy atom. The van der Waals surface area contributed by atoms with Crippen LogP contribution < -0.4 is 4.74 Å². The highest BCUT2D eigenvalue weighted by Gasteiger charge is 2.25. The first kappa shape index (κ1) is 9.02. The normalized spacial score (nSPS) is 18.7. The molecule has 0 heterocycles. The van der Waals surface area contributed by atoms with E-state index in [1.165, 1.54) is 43.2 Å². The average Bonchev–Trinajstić information content (AvgIpc) is 2.67. The van der Waals surface area contributed by atoms with Crippen molar-refractivity contribution in [3.05, 3.63) is 34.9 Å². The van der Waals surface area contributed by atoms with Crippen molar-refractivity contribution in [2.24, 2.45) is 0 Å². The van der Waals surface area contributed by atoms with Gasteiger partial charge in [-0.3, -0.25) is 0 Å². The zero-order chi connectivity index (χ0) is 10.3. The summed E-state index contributed by atoms with van der Waals surface area (Å²) in [5.41, 5.74) is 6.14. The summed E-state index contributed by atoms with van der Waals surface area (Å²) in [6.07, 6.45) is 6.43. The predicted octanol–water partition coefficient (Wildman–Crippen LogP) is 3.58. The number of hydrogen-bond acceptors (Lipinski definition) is 1. The summed E-state index contributed by atoms with van der Waals surface area (Å²) in [5.74, 6) is 1.07. The van der Waals surface area contributed by atoms with Crippen LogP contribution in [0.3, 0.4) is 0 Å². The van der Waals surface area contributed by atoms with Crippen molar-refractivity contribution in [2.45, 2.75) is 32.1 Å². The maximum atomic E-state index is 5.47. The largest absolute Gasteiger partial charge is 0.496 e. The summed E-state index contributed by atoms with van der Waals surface area (Å²) in [6, 6.07) is 6.44. The average molecular weight is 200 g/mol. The van der Waals surface area contributed by atoms with Gasteiger partial charge in [-0.15, -0.1) is 0 Å². The zero-order valence-electron chi connectivity index (χ0n) is 9.18. The maximum Gasteiger partial charge on any atom is 0.126 e. The quantitative estimate of drug-likeness (QED) is 0.673. The van der Waals surface area contributed by atoms with Crippen molar-refractivity contribution in [1.29, 1.82) is 0 Å². The molecule has 0 bridgehead atoms. The second kappa shape index (κ2) is 3.41. The van der Waals surface area contributed by atoms with Crippen LogP contribution in [0.15, 0.2) is 23.8 Å². The Labute approximate surface area is 90.8 Å². The van der Waals surface area contributed by atoms with Crippen molar-refractivity contribution >= 4 is 5.57 Å². The van der Waals surface area contributed by atoms with E-state index in [1.807, 2.05) is 0 Å². The van der Waals surface area contributed by atoms with E-state index in [-0.39, 0.29) is 0 Å².